The Morgan fingerprint density at radius 3 is 2.48 bits per heavy atom. The molecular weight excluding hydrogens is 534 g/mol. The number of benzene rings is 2. The number of carbonyl (C=O) groups is 1. The van der Waals surface area contributed by atoms with Crippen LogP contribution in [0, 0.1) is 23.7 Å². The minimum absolute atomic E-state index is 0.00246. The third-order valence-electron chi connectivity index (χ3n) is 8.08. The van der Waals surface area contributed by atoms with Crippen molar-refractivity contribution in [3.8, 4) is 0 Å². The van der Waals surface area contributed by atoms with Crippen LogP contribution in [0.15, 0.2) is 59.5 Å². The molecule has 2 aromatic carbocycles. The van der Waals surface area contributed by atoms with Gasteiger partial charge in [-0.2, -0.15) is 4.31 Å². The van der Waals surface area contributed by atoms with Crippen molar-refractivity contribution in [3.05, 3.63) is 60.2 Å². The van der Waals surface area contributed by atoms with E-state index < -0.39 is 28.3 Å². The normalized spacial score (nSPS) is 27.1. The standard InChI is InChI=1S/C29H39N3O7S/c1-18(2)14-32(40(35,36)22-10-8-21(30)9-11-22)15-26(33)25(12-19-6-4-3-5-7-19)31-29(34)39-27-20-13-23-24(27)17-38-28(23)37-16-20/h3-11,18,20,23-28,33H,12-17,30H2,1-2H3,(H,31,34)/t20?,23?,24?,25-,26+,27?,28?/m0/s1. The van der Waals surface area contributed by atoms with Crippen molar-refractivity contribution in [2.24, 2.45) is 23.7 Å². The van der Waals surface area contributed by atoms with Gasteiger partial charge in [-0.1, -0.05) is 44.2 Å². The van der Waals surface area contributed by atoms with E-state index in [2.05, 4.69) is 5.32 Å². The quantitative estimate of drug-likeness (QED) is 0.349. The molecule has 10 nitrogen and oxygen atoms in total. The van der Waals surface area contributed by atoms with E-state index in [9.17, 15) is 18.3 Å². The van der Waals surface area contributed by atoms with Crippen molar-refractivity contribution >= 4 is 21.8 Å². The molecule has 3 fully saturated rings. The van der Waals surface area contributed by atoms with Gasteiger partial charge in [0.2, 0.25) is 10.0 Å². The summed E-state index contributed by atoms with van der Waals surface area (Å²) in [6.07, 6.45) is -1.20. The number of nitrogens with zero attached hydrogens (tertiary/aromatic N) is 1. The third kappa shape index (κ3) is 6.28. The Bertz CT molecular complexity index is 1260. The van der Waals surface area contributed by atoms with Crippen LogP contribution in [-0.2, 0) is 30.7 Å². The number of amides is 1. The second-order valence-corrected chi connectivity index (χ2v) is 13.5. The van der Waals surface area contributed by atoms with Crippen LogP contribution in [0.3, 0.4) is 0 Å². The van der Waals surface area contributed by atoms with Gasteiger partial charge in [0.1, 0.15) is 6.10 Å². The van der Waals surface area contributed by atoms with Crippen LogP contribution in [0.4, 0.5) is 10.5 Å². The summed E-state index contributed by atoms with van der Waals surface area (Å²) < 4.78 is 45.8. The number of aliphatic hydroxyl groups excluding tert-OH is 1. The van der Waals surface area contributed by atoms with Crippen LogP contribution in [-0.4, -0.2) is 74.8 Å². The molecule has 2 bridgehead atoms. The van der Waals surface area contributed by atoms with Gasteiger partial charge in [-0.25, -0.2) is 13.2 Å². The summed E-state index contributed by atoms with van der Waals surface area (Å²) in [5, 5.41) is 14.3. The summed E-state index contributed by atoms with van der Waals surface area (Å²) in [5.41, 5.74) is 7.10. The van der Waals surface area contributed by atoms with E-state index in [0.29, 0.717) is 25.3 Å². The predicted molar refractivity (Wildman–Crippen MR) is 149 cm³/mol. The monoisotopic (exact) mass is 573 g/mol. The Kier molecular flexibility index (Phi) is 8.67. The van der Waals surface area contributed by atoms with Gasteiger partial charge in [-0.3, -0.25) is 0 Å². The average Bonchev–Trinajstić information content (AvgIpc) is 3.45. The van der Waals surface area contributed by atoms with Gasteiger partial charge in [0.25, 0.3) is 0 Å². The predicted octanol–water partition coefficient (Wildman–Crippen LogP) is 2.62. The molecule has 2 saturated heterocycles. The van der Waals surface area contributed by atoms with E-state index in [1.165, 1.54) is 28.6 Å². The van der Waals surface area contributed by atoms with Gasteiger partial charge >= 0.3 is 6.09 Å². The van der Waals surface area contributed by atoms with Crippen molar-refractivity contribution in [3.63, 3.8) is 0 Å². The van der Waals surface area contributed by atoms with Crippen LogP contribution in [0.5, 0.6) is 0 Å². The minimum Gasteiger partial charge on any atom is -0.445 e. The highest BCUT2D eigenvalue weighted by atomic mass is 32.2. The molecule has 7 atom stereocenters. The van der Waals surface area contributed by atoms with Gasteiger partial charge in [-0.15, -0.1) is 0 Å². The number of sulfonamides is 1. The fourth-order valence-electron chi connectivity index (χ4n) is 6.11. The van der Waals surface area contributed by atoms with E-state index >= 15 is 0 Å². The number of hydrogen-bond acceptors (Lipinski definition) is 8. The molecule has 11 heteroatoms. The van der Waals surface area contributed by atoms with Crippen molar-refractivity contribution in [1.82, 2.24) is 9.62 Å². The number of hydrogen-bond donors (Lipinski definition) is 3. The summed E-state index contributed by atoms with van der Waals surface area (Å²) in [7, 11) is -3.93. The lowest BCUT2D eigenvalue weighted by molar-refractivity contribution is -0.169. The largest absolute Gasteiger partial charge is 0.445 e. The molecule has 2 aromatic rings. The molecular formula is C29H39N3O7S. The first-order valence-electron chi connectivity index (χ1n) is 13.9. The maximum atomic E-state index is 13.6. The van der Waals surface area contributed by atoms with E-state index in [4.69, 9.17) is 19.9 Å². The molecule has 1 amide bonds. The molecule has 0 spiro atoms. The minimum atomic E-state index is -3.93. The lowest BCUT2D eigenvalue weighted by atomic mass is 9.98. The molecule has 218 valence electrons. The molecule has 3 aliphatic rings. The molecule has 4 N–H and O–H groups in total. The van der Waals surface area contributed by atoms with Crippen LogP contribution < -0.4 is 11.1 Å². The Morgan fingerprint density at radius 2 is 1.77 bits per heavy atom. The van der Waals surface area contributed by atoms with Crippen molar-refractivity contribution in [2.75, 3.05) is 32.0 Å². The fourth-order valence-corrected chi connectivity index (χ4v) is 7.73. The Morgan fingerprint density at radius 1 is 1.07 bits per heavy atom. The zero-order valence-corrected chi connectivity index (χ0v) is 23.7. The lowest BCUT2D eigenvalue weighted by Crippen LogP contribution is -2.52. The molecule has 2 aliphatic heterocycles. The summed E-state index contributed by atoms with van der Waals surface area (Å²) in [5.74, 6) is 0.436. The van der Waals surface area contributed by atoms with Crippen LogP contribution in [0.2, 0.25) is 0 Å². The van der Waals surface area contributed by atoms with E-state index in [0.717, 1.165) is 12.0 Å². The first-order valence-corrected chi connectivity index (χ1v) is 15.3. The number of carbonyl (C=O) groups excluding carboxylic acids is 1. The number of anilines is 1. The maximum Gasteiger partial charge on any atom is 0.407 e. The molecule has 0 radical (unpaired) electrons. The van der Waals surface area contributed by atoms with E-state index in [1.807, 2.05) is 44.2 Å². The lowest BCUT2D eigenvalue weighted by Gasteiger charge is -2.31. The number of aliphatic hydroxyl groups is 1. The Labute approximate surface area is 235 Å². The summed E-state index contributed by atoms with van der Waals surface area (Å²) in [4.78, 5) is 13.3. The van der Waals surface area contributed by atoms with Gasteiger partial charge in [0.05, 0.1) is 30.3 Å². The van der Waals surface area contributed by atoms with Crippen LogP contribution in [0.25, 0.3) is 0 Å². The first kappa shape index (κ1) is 28.8. The van der Waals surface area contributed by atoms with E-state index in [1.54, 1.807) is 0 Å². The number of nitrogens with two attached hydrogens (primary N) is 1. The highest BCUT2D eigenvalue weighted by molar-refractivity contribution is 7.89. The summed E-state index contributed by atoms with van der Waals surface area (Å²) in [6.45, 7) is 4.79. The van der Waals surface area contributed by atoms with Gasteiger partial charge in [0, 0.05) is 36.5 Å². The molecule has 5 unspecified atom stereocenters. The average molecular weight is 574 g/mol. The molecule has 0 aromatic heterocycles. The summed E-state index contributed by atoms with van der Waals surface area (Å²) >= 11 is 0. The number of alkyl carbamates (subject to hydrolysis) is 1. The smallest absolute Gasteiger partial charge is 0.407 e. The molecule has 1 saturated carbocycles. The number of nitrogens with one attached hydrogen (secondary N) is 1. The van der Waals surface area contributed by atoms with Crippen molar-refractivity contribution < 1.29 is 32.5 Å². The Hall–Kier alpha value is -2.70. The van der Waals surface area contributed by atoms with Gasteiger partial charge in [0.15, 0.2) is 6.29 Å². The zero-order chi connectivity index (χ0) is 28.4. The van der Waals surface area contributed by atoms with Crippen molar-refractivity contribution in [1.29, 1.82) is 0 Å². The van der Waals surface area contributed by atoms with Gasteiger partial charge < -0.3 is 30.4 Å². The number of fused-ring (bicyclic) bond motifs is 1. The first-order chi connectivity index (χ1) is 19.1. The van der Waals surface area contributed by atoms with Crippen molar-refractivity contribution in [2.45, 2.75) is 56.1 Å². The van der Waals surface area contributed by atoms with E-state index in [-0.39, 0.29) is 54.1 Å². The summed E-state index contributed by atoms with van der Waals surface area (Å²) in [6, 6.07) is 14.6. The zero-order valence-electron chi connectivity index (χ0n) is 22.9. The third-order valence-corrected chi connectivity index (χ3v) is 9.92. The Balaban J connectivity index is 1.33. The second-order valence-electron chi connectivity index (χ2n) is 11.5. The van der Waals surface area contributed by atoms with Crippen LogP contribution in [0.1, 0.15) is 25.8 Å². The second kappa shape index (κ2) is 12.0. The number of nitrogen functional groups attached to an aromatic ring is 1. The highest BCUT2D eigenvalue weighted by Gasteiger charge is 2.56. The molecule has 5 rings (SSSR count). The number of ether oxygens (including phenoxy) is 3. The fraction of sp³-hybridized carbons (Fsp3) is 0.552. The molecule has 2 heterocycles. The maximum absolute atomic E-state index is 13.6. The van der Waals surface area contributed by atoms with Gasteiger partial charge in [-0.05, 0) is 48.6 Å². The molecule has 40 heavy (non-hydrogen) atoms. The number of rotatable bonds is 11. The highest BCUT2D eigenvalue weighted by Crippen LogP contribution is 2.49. The van der Waals surface area contributed by atoms with Crippen LogP contribution >= 0.6 is 0 Å². The molecule has 1 aliphatic carbocycles. The topological polar surface area (TPSA) is 140 Å². The SMILES string of the molecule is CC(C)CN(C[C@@H](O)[C@H](Cc1ccccc1)NC(=O)OC1C2COC3OCC1C3C2)S(=O)(=O)c1ccc(N)cc1.